The molecule has 14 heavy (non-hydrogen) atoms. The van der Waals surface area contributed by atoms with E-state index in [9.17, 15) is 0 Å². The van der Waals surface area contributed by atoms with Crippen molar-refractivity contribution in [2.24, 2.45) is 0 Å². The quantitative estimate of drug-likeness (QED) is 0.657. The molecule has 0 bridgehead atoms. The molecule has 0 aromatic carbocycles. The normalized spacial score (nSPS) is 22.9. The van der Waals surface area contributed by atoms with Gasteiger partial charge in [0, 0.05) is 19.8 Å². The molecule has 0 amide bonds. The molecule has 0 radical (unpaired) electrons. The van der Waals surface area contributed by atoms with Crippen LogP contribution in [0.3, 0.4) is 0 Å². The molecular weight excluding hydrogens is 178 g/mol. The molecule has 84 valence electrons. The minimum Gasteiger partial charge on any atom is -0.396 e. The summed E-state index contributed by atoms with van der Waals surface area (Å²) in [6.07, 6.45) is 6.20. The van der Waals surface area contributed by atoms with Crippen LogP contribution in [0.15, 0.2) is 0 Å². The fraction of sp³-hybridized carbons (Fsp3) is 1.00. The molecule has 1 rings (SSSR count). The largest absolute Gasteiger partial charge is 0.396 e. The zero-order chi connectivity index (χ0) is 10.2. The van der Waals surface area contributed by atoms with E-state index in [2.05, 4.69) is 11.9 Å². The van der Waals surface area contributed by atoms with Gasteiger partial charge in [0.2, 0.25) is 0 Å². The SMILES string of the molecule is CN(CCCCO)CC1CCCCO1. The molecule has 0 aromatic rings. The third-order valence-electron chi connectivity index (χ3n) is 2.74. The van der Waals surface area contributed by atoms with Gasteiger partial charge in [-0.3, -0.25) is 0 Å². The van der Waals surface area contributed by atoms with Gasteiger partial charge in [0.15, 0.2) is 0 Å². The molecular formula is C11H23NO2. The van der Waals surface area contributed by atoms with Crippen molar-refractivity contribution in [3.63, 3.8) is 0 Å². The molecule has 1 N–H and O–H groups in total. The number of hydrogen-bond acceptors (Lipinski definition) is 3. The van der Waals surface area contributed by atoms with Crippen LogP contribution in [-0.4, -0.2) is 49.5 Å². The van der Waals surface area contributed by atoms with Crippen molar-refractivity contribution in [1.82, 2.24) is 4.90 Å². The van der Waals surface area contributed by atoms with Crippen LogP contribution in [-0.2, 0) is 4.74 Å². The molecule has 0 aliphatic carbocycles. The number of rotatable bonds is 6. The number of unbranched alkanes of at least 4 members (excludes halogenated alkanes) is 1. The smallest absolute Gasteiger partial charge is 0.0701 e. The summed E-state index contributed by atoms with van der Waals surface area (Å²) in [6.45, 7) is 3.37. The van der Waals surface area contributed by atoms with Crippen LogP contribution in [0.5, 0.6) is 0 Å². The summed E-state index contributed by atoms with van der Waals surface area (Å²) < 4.78 is 5.66. The summed E-state index contributed by atoms with van der Waals surface area (Å²) in [5.74, 6) is 0. The topological polar surface area (TPSA) is 32.7 Å². The van der Waals surface area contributed by atoms with E-state index in [0.717, 1.165) is 32.5 Å². The van der Waals surface area contributed by atoms with Crippen LogP contribution in [0.25, 0.3) is 0 Å². The van der Waals surface area contributed by atoms with Gasteiger partial charge >= 0.3 is 0 Å². The fourth-order valence-electron chi connectivity index (χ4n) is 1.88. The lowest BCUT2D eigenvalue weighted by Crippen LogP contribution is -2.33. The molecule has 1 aliphatic rings. The first kappa shape index (κ1) is 12.0. The van der Waals surface area contributed by atoms with E-state index in [1.807, 2.05) is 0 Å². The van der Waals surface area contributed by atoms with Gasteiger partial charge in [-0.25, -0.2) is 0 Å². The Morgan fingerprint density at radius 2 is 2.21 bits per heavy atom. The Morgan fingerprint density at radius 1 is 1.36 bits per heavy atom. The van der Waals surface area contributed by atoms with Gasteiger partial charge in [0.25, 0.3) is 0 Å². The van der Waals surface area contributed by atoms with Crippen molar-refractivity contribution in [2.75, 3.05) is 33.4 Å². The summed E-state index contributed by atoms with van der Waals surface area (Å²) in [4.78, 5) is 2.31. The monoisotopic (exact) mass is 201 g/mol. The molecule has 3 heteroatoms. The molecule has 1 unspecified atom stereocenters. The molecule has 1 fully saturated rings. The maximum Gasteiger partial charge on any atom is 0.0701 e. The highest BCUT2D eigenvalue weighted by Crippen LogP contribution is 2.13. The second-order valence-corrected chi connectivity index (χ2v) is 4.18. The van der Waals surface area contributed by atoms with Gasteiger partial charge in [0.1, 0.15) is 0 Å². The van der Waals surface area contributed by atoms with Gasteiger partial charge in [-0.15, -0.1) is 0 Å². The van der Waals surface area contributed by atoms with Gasteiger partial charge in [-0.2, -0.15) is 0 Å². The van der Waals surface area contributed by atoms with E-state index < -0.39 is 0 Å². The first-order chi connectivity index (χ1) is 6.83. The number of likely N-dealkylation sites (N-methyl/N-ethyl adjacent to an activating group) is 1. The van der Waals surface area contributed by atoms with E-state index in [1.165, 1.54) is 19.3 Å². The Labute approximate surface area is 87.1 Å². The average molecular weight is 201 g/mol. The number of aliphatic hydroxyl groups is 1. The molecule has 0 spiro atoms. The van der Waals surface area contributed by atoms with Crippen LogP contribution < -0.4 is 0 Å². The second kappa shape index (κ2) is 7.21. The van der Waals surface area contributed by atoms with Crippen molar-refractivity contribution in [1.29, 1.82) is 0 Å². The van der Waals surface area contributed by atoms with Crippen LogP contribution in [0.2, 0.25) is 0 Å². The second-order valence-electron chi connectivity index (χ2n) is 4.18. The standard InChI is InChI=1S/C11H23NO2/c1-12(7-3-4-8-13)10-11-6-2-5-9-14-11/h11,13H,2-10H2,1H3. The predicted molar refractivity (Wildman–Crippen MR) is 57.4 cm³/mol. The van der Waals surface area contributed by atoms with Crippen molar-refractivity contribution < 1.29 is 9.84 Å². The number of hydrogen-bond donors (Lipinski definition) is 1. The van der Waals surface area contributed by atoms with Gasteiger partial charge in [-0.05, 0) is 45.7 Å². The molecule has 1 saturated heterocycles. The predicted octanol–water partition coefficient (Wildman–Crippen LogP) is 1.26. The van der Waals surface area contributed by atoms with E-state index in [0.29, 0.717) is 12.7 Å². The Kier molecular flexibility index (Phi) is 6.15. The molecule has 1 heterocycles. The van der Waals surface area contributed by atoms with E-state index in [1.54, 1.807) is 0 Å². The number of ether oxygens (including phenoxy) is 1. The third-order valence-corrected chi connectivity index (χ3v) is 2.74. The van der Waals surface area contributed by atoms with Crippen LogP contribution in [0, 0.1) is 0 Å². The average Bonchev–Trinajstić information content (AvgIpc) is 2.20. The number of aliphatic hydroxyl groups excluding tert-OH is 1. The zero-order valence-corrected chi connectivity index (χ0v) is 9.24. The lowest BCUT2D eigenvalue weighted by Gasteiger charge is -2.27. The van der Waals surface area contributed by atoms with Crippen LogP contribution >= 0.6 is 0 Å². The van der Waals surface area contributed by atoms with Crippen LogP contribution in [0.4, 0.5) is 0 Å². The maximum atomic E-state index is 8.66. The Balaban J connectivity index is 2.03. The van der Waals surface area contributed by atoms with Crippen molar-refractivity contribution in [3.8, 4) is 0 Å². The first-order valence-electron chi connectivity index (χ1n) is 5.74. The van der Waals surface area contributed by atoms with Crippen LogP contribution in [0.1, 0.15) is 32.1 Å². The zero-order valence-electron chi connectivity index (χ0n) is 9.24. The van der Waals surface area contributed by atoms with E-state index in [-0.39, 0.29) is 0 Å². The lowest BCUT2D eigenvalue weighted by molar-refractivity contribution is -0.00170. The van der Waals surface area contributed by atoms with Gasteiger partial charge in [0.05, 0.1) is 6.10 Å². The molecule has 3 nitrogen and oxygen atoms in total. The first-order valence-corrected chi connectivity index (χ1v) is 5.74. The Morgan fingerprint density at radius 3 is 2.86 bits per heavy atom. The minimum absolute atomic E-state index is 0.313. The molecule has 1 atom stereocenters. The van der Waals surface area contributed by atoms with Crippen molar-refractivity contribution in [3.05, 3.63) is 0 Å². The summed E-state index contributed by atoms with van der Waals surface area (Å²) in [6, 6.07) is 0. The highest BCUT2D eigenvalue weighted by atomic mass is 16.5. The highest BCUT2D eigenvalue weighted by molar-refractivity contribution is 4.67. The van der Waals surface area contributed by atoms with Gasteiger partial charge in [-0.1, -0.05) is 0 Å². The minimum atomic E-state index is 0.313. The summed E-state index contributed by atoms with van der Waals surface area (Å²) in [7, 11) is 2.13. The third kappa shape index (κ3) is 4.94. The Bertz CT molecular complexity index is 135. The summed E-state index contributed by atoms with van der Waals surface area (Å²) in [5, 5.41) is 8.66. The van der Waals surface area contributed by atoms with Crippen molar-refractivity contribution >= 4 is 0 Å². The fourth-order valence-corrected chi connectivity index (χ4v) is 1.88. The summed E-state index contributed by atoms with van der Waals surface area (Å²) >= 11 is 0. The Hall–Kier alpha value is -0.120. The highest BCUT2D eigenvalue weighted by Gasteiger charge is 2.15. The summed E-state index contributed by atoms with van der Waals surface area (Å²) in [5.41, 5.74) is 0. The molecule has 1 aliphatic heterocycles. The molecule has 0 saturated carbocycles. The van der Waals surface area contributed by atoms with E-state index >= 15 is 0 Å². The molecule has 0 aromatic heterocycles. The maximum absolute atomic E-state index is 8.66. The number of nitrogens with zero attached hydrogens (tertiary/aromatic N) is 1. The lowest BCUT2D eigenvalue weighted by atomic mass is 10.1. The van der Waals surface area contributed by atoms with E-state index in [4.69, 9.17) is 9.84 Å². The van der Waals surface area contributed by atoms with Gasteiger partial charge < -0.3 is 14.7 Å². The van der Waals surface area contributed by atoms with Crippen molar-refractivity contribution in [2.45, 2.75) is 38.2 Å².